The van der Waals surface area contributed by atoms with E-state index in [1.807, 2.05) is 0 Å². The first-order valence-corrected chi connectivity index (χ1v) is 4.83. The van der Waals surface area contributed by atoms with Crippen LogP contribution in [0.3, 0.4) is 0 Å². The van der Waals surface area contributed by atoms with Crippen LogP contribution in [0.4, 0.5) is 0 Å². The Bertz CT molecular complexity index is 197. The number of nitrogens with two attached hydrogens (primary N) is 1. The summed E-state index contributed by atoms with van der Waals surface area (Å²) in [6.07, 6.45) is 6.28. The number of rotatable bonds is 5. The van der Waals surface area contributed by atoms with Gasteiger partial charge in [-0.25, -0.2) is 0 Å². The fraction of sp³-hybridized carbons (Fsp3) is 0.700. The monoisotopic (exact) mass is 182 g/mol. The first kappa shape index (κ1) is 10.3. The molecule has 0 radical (unpaired) electrons. The molecule has 0 aromatic heterocycles. The minimum Gasteiger partial charge on any atom is -0.354 e. The molecule has 0 saturated heterocycles. The Morgan fingerprint density at radius 2 is 2.31 bits per heavy atom. The molecule has 0 spiro atoms. The number of hydrogen-bond acceptors (Lipinski definition) is 2. The molecule has 0 aromatic carbocycles. The van der Waals surface area contributed by atoms with Crippen LogP contribution in [0.2, 0.25) is 0 Å². The molecule has 0 unspecified atom stereocenters. The molecule has 1 saturated carbocycles. The fourth-order valence-electron chi connectivity index (χ4n) is 1.40. The molecule has 3 heteroatoms. The van der Waals surface area contributed by atoms with Gasteiger partial charge in [0.05, 0.1) is 0 Å². The van der Waals surface area contributed by atoms with Gasteiger partial charge in [-0.05, 0) is 25.7 Å². The van der Waals surface area contributed by atoms with Crippen molar-refractivity contribution in [2.75, 3.05) is 6.54 Å². The molecule has 1 fully saturated rings. The molecule has 1 rings (SSSR count). The van der Waals surface area contributed by atoms with E-state index in [-0.39, 0.29) is 11.4 Å². The molecule has 3 nitrogen and oxygen atoms in total. The fourth-order valence-corrected chi connectivity index (χ4v) is 1.40. The highest BCUT2D eigenvalue weighted by Gasteiger charge is 2.32. The number of carbonyl (C=O) groups excluding carboxylic acids is 1. The number of allylic oxidation sites excluding steroid dienone is 1. The maximum absolute atomic E-state index is 11.2. The van der Waals surface area contributed by atoms with E-state index in [0.717, 1.165) is 19.3 Å². The van der Waals surface area contributed by atoms with Crippen LogP contribution in [0.5, 0.6) is 0 Å². The van der Waals surface area contributed by atoms with E-state index >= 15 is 0 Å². The average molecular weight is 182 g/mol. The Hall–Kier alpha value is -0.830. The zero-order chi connectivity index (χ0) is 9.73. The summed E-state index contributed by atoms with van der Waals surface area (Å²) in [6, 6.07) is 0. The van der Waals surface area contributed by atoms with Crippen LogP contribution in [-0.4, -0.2) is 18.0 Å². The lowest BCUT2D eigenvalue weighted by Gasteiger charge is -2.38. The molecular weight excluding hydrogens is 164 g/mol. The van der Waals surface area contributed by atoms with Crippen LogP contribution in [0.25, 0.3) is 0 Å². The van der Waals surface area contributed by atoms with Crippen molar-refractivity contribution in [2.45, 2.75) is 37.6 Å². The lowest BCUT2D eigenvalue weighted by molar-refractivity contribution is -0.121. The van der Waals surface area contributed by atoms with Gasteiger partial charge in [-0.1, -0.05) is 6.08 Å². The van der Waals surface area contributed by atoms with Crippen molar-refractivity contribution in [1.29, 1.82) is 0 Å². The second-order valence-electron chi connectivity index (χ2n) is 3.82. The second kappa shape index (κ2) is 4.42. The van der Waals surface area contributed by atoms with Crippen molar-refractivity contribution < 1.29 is 4.79 Å². The topological polar surface area (TPSA) is 55.1 Å². The van der Waals surface area contributed by atoms with E-state index < -0.39 is 0 Å². The summed E-state index contributed by atoms with van der Waals surface area (Å²) < 4.78 is 0. The third-order valence-electron chi connectivity index (χ3n) is 2.56. The van der Waals surface area contributed by atoms with Gasteiger partial charge in [0.2, 0.25) is 5.91 Å². The maximum atomic E-state index is 11.2. The third kappa shape index (κ3) is 3.19. The lowest BCUT2D eigenvalue weighted by Crippen LogP contribution is -2.54. The molecule has 3 N–H and O–H groups in total. The van der Waals surface area contributed by atoms with Crippen LogP contribution in [0.1, 0.15) is 32.1 Å². The molecule has 0 aromatic rings. The van der Waals surface area contributed by atoms with Gasteiger partial charge in [-0.2, -0.15) is 0 Å². The summed E-state index contributed by atoms with van der Waals surface area (Å²) in [6.45, 7) is 4.19. The van der Waals surface area contributed by atoms with Gasteiger partial charge < -0.3 is 11.1 Å². The van der Waals surface area contributed by atoms with Crippen LogP contribution in [0, 0.1) is 0 Å². The van der Waals surface area contributed by atoms with Gasteiger partial charge in [0.1, 0.15) is 0 Å². The van der Waals surface area contributed by atoms with E-state index in [2.05, 4.69) is 11.9 Å². The predicted octanol–water partition coefficient (Wildman–Crippen LogP) is 0.950. The summed E-state index contributed by atoms with van der Waals surface area (Å²) in [5.74, 6) is 0.0802. The summed E-state index contributed by atoms with van der Waals surface area (Å²) in [5.41, 5.74) is 5.84. The van der Waals surface area contributed by atoms with Crippen molar-refractivity contribution >= 4 is 5.91 Å². The van der Waals surface area contributed by atoms with Gasteiger partial charge in [-0.15, -0.1) is 6.58 Å². The molecule has 0 heterocycles. The molecule has 13 heavy (non-hydrogen) atoms. The van der Waals surface area contributed by atoms with Gasteiger partial charge >= 0.3 is 0 Å². The predicted molar refractivity (Wildman–Crippen MR) is 53.2 cm³/mol. The summed E-state index contributed by atoms with van der Waals surface area (Å²) in [5, 5.41) is 2.85. The second-order valence-corrected chi connectivity index (χ2v) is 3.82. The smallest absolute Gasteiger partial charge is 0.220 e. The quantitative estimate of drug-likeness (QED) is 0.622. The third-order valence-corrected chi connectivity index (χ3v) is 2.56. The Kier molecular flexibility index (Phi) is 3.48. The molecule has 0 atom stereocenters. The molecule has 1 aliphatic rings. The van der Waals surface area contributed by atoms with Gasteiger partial charge in [0, 0.05) is 18.5 Å². The average Bonchev–Trinajstić information content (AvgIpc) is 2.08. The van der Waals surface area contributed by atoms with Crippen LogP contribution >= 0.6 is 0 Å². The standard InChI is InChI=1S/C10H18N2O/c1-2-3-5-9(13)12-8-10(11)6-4-7-10/h2H,1,3-8,11H2,(H,12,13). The number of carbonyl (C=O) groups is 1. The largest absolute Gasteiger partial charge is 0.354 e. The van der Waals surface area contributed by atoms with Crippen molar-refractivity contribution in [1.82, 2.24) is 5.32 Å². The Labute approximate surface area is 79.4 Å². The van der Waals surface area contributed by atoms with Crippen molar-refractivity contribution in [3.8, 4) is 0 Å². The van der Waals surface area contributed by atoms with Gasteiger partial charge in [0.25, 0.3) is 0 Å². The zero-order valence-corrected chi connectivity index (χ0v) is 8.01. The van der Waals surface area contributed by atoms with E-state index in [9.17, 15) is 4.79 Å². The molecule has 0 bridgehead atoms. The van der Waals surface area contributed by atoms with Gasteiger partial charge in [0.15, 0.2) is 0 Å². The minimum atomic E-state index is -0.107. The molecular formula is C10H18N2O. The molecule has 74 valence electrons. The van der Waals surface area contributed by atoms with E-state index in [1.54, 1.807) is 6.08 Å². The molecule has 1 aliphatic carbocycles. The first-order chi connectivity index (χ1) is 6.16. The van der Waals surface area contributed by atoms with Crippen LogP contribution in [-0.2, 0) is 4.79 Å². The maximum Gasteiger partial charge on any atom is 0.220 e. The highest BCUT2D eigenvalue weighted by Crippen LogP contribution is 2.27. The van der Waals surface area contributed by atoms with Crippen molar-refractivity contribution in [3.05, 3.63) is 12.7 Å². The number of amides is 1. The normalized spacial score (nSPS) is 18.8. The first-order valence-electron chi connectivity index (χ1n) is 4.83. The Morgan fingerprint density at radius 3 is 2.77 bits per heavy atom. The van der Waals surface area contributed by atoms with Crippen LogP contribution < -0.4 is 11.1 Å². The Morgan fingerprint density at radius 1 is 1.62 bits per heavy atom. The lowest BCUT2D eigenvalue weighted by atomic mass is 9.78. The SMILES string of the molecule is C=CCCC(=O)NCC1(N)CCC1. The summed E-state index contributed by atoms with van der Waals surface area (Å²) in [4.78, 5) is 11.2. The van der Waals surface area contributed by atoms with E-state index in [0.29, 0.717) is 13.0 Å². The highest BCUT2D eigenvalue weighted by molar-refractivity contribution is 5.76. The molecule has 1 amide bonds. The zero-order valence-electron chi connectivity index (χ0n) is 8.01. The highest BCUT2D eigenvalue weighted by atomic mass is 16.1. The summed E-state index contributed by atoms with van der Waals surface area (Å²) >= 11 is 0. The Balaban J connectivity index is 2.10. The van der Waals surface area contributed by atoms with E-state index in [1.165, 1.54) is 6.42 Å². The van der Waals surface area contributed by atoms with Crippen LogP contribution in [0.15, 0.2) is 12.7 Å². The minimum absolute atomic E-state index is 0.0802. The number of hydrogen-bond donors (Lipinski definition) is 2. The summed E-state index contributed by atoms with van der Waals surface area (Å²) in [7, 11) is 0. The van der Waals surface area contributed by atoms with Crippen molar-refractivity contribution in [3.63, 3.8) is 0 Å². The number of nitrogens with one attached hydrogen (secondary N) is 1. The molecule has 0 aliphatic heterocycles. The van der Waals surface area contributed by atoms with Gasteiger partial charge in [-0.3, -0.25) is 4.79 Å². The van der Waals surface area contributed by atoms with E-state index in [4.69, 9.17) is 5.73 Å². The van der Waals surface area contributed by atoms with Crippen molar-refractivity contribution in [2.24, 2.45) is 5.73 Å².